The van der Waals surface area contributed by atoms with Crippen molar-refractivity contribution < 1.29 is 4.79 Å². The predicted molar refractivity (Wildman–Crippen MR) is 73.9 cm³/mol. The third-order valence-corrected chi connectivity index (χ3v) is 3.72. The molecule has 1 aromatic carbocycles. The highest BCUT2D eigenvalue weighted by Gasteiger charge is 2.13. The molecule has 0 saturated heterocycles. The fourth-order valence-electron chi connectivity index (χ4n) is 1.46. The van der Waals surface area contributed by atoms with Crippen molar-refractivity contribution in [3.05, 3.63) is 45.4 Å². The van der Waals surface area contributed by atoms with E-state index in [-0.39, 0.29) is 11.9 Å². The van der Waals surface area contributed by atoms with Crippen LogP contribution in [0.1, 0.15) is 28.3 Å². The zero-order valence-corrected chi connectivity index (χ0v) is 11.3. The van der Waals surface area contributed by atoms with E-state index in [1.165, 1.54) is 11.3 Å². The fourth-order valence-corrected chi connectivity index (χ4v) is 2.28. The van der Waals surface area contributed by atoms with Crippen molar-refractivity contribution in [3.63, 3.8) is 0 Å². The fraction of sp³-hybridized carbons (Fsp3) is 0.167. The van der Waals surface area contributed by atoms with E-state index in [1.807, 2.05) is 12.3 Å². The highest BCUT2D eigenvalue weighted by atomic mass is 35.5. The molecule has 0 aliphatic carbocycles. The van der Waals surface area contributed by atoms with Gasteiger partial charge < -0.3 is 11.1 Å². The lowest BCUT2D eigenvalue weighted by molar-refractivity contribution is 0.0940. The van der Waals surface area contributed by atoms with Gasteiger partial charge in [-0.25, -0.2) is 4.98 Å². The summed E-state index contributed by atoms with van der Waals surface area (Å²) in [6, 6.07) is 4.69. The van der Waals surface area contributed by atoms with Gasteiger partial charge in [0.2, 0.25) is 0 Å². The maximum absolute atomic E-state index is 12.0. The molecule has 0 aliphatic rings. The number of halogens is 1. The number of hydrogen-bond acceptors (Lipinski definition) is 4. The van der Waals surface area contributed by atoms with Crippen LogP contribution in [0.2, 0.25) is 5.02 Å². The van der Waals surface area contributed by atoms with Crippen LogP contribution < -0.4 is 11.1 Å². The van der Waals surface area contributed by atoms with Crippen molar-refractivity contribution in [3.8, 4) is 0 Å². The van der Waals surface area contributed by atoms with Gasteiger partial charge in [0, 0.05) is 17.1 Å². The first-order chi connectivity index (χ1) is 8.58. The number of nitrogen functional groups attached to an aromatic ring is 1. The maximum atomic E-state index is 12.0. The molecule has 1 amide bonds. The largest absolute Gasteiger partial charge is 0.398 e. The molecule has 18 heavy (non-hydrogen) atoms. The highest BCUT2D eigenvalue weighted by Crippen LogP contribution is 2.20. The zero-order valence-electron chi connectivity index (χ0n) is 9.68. The SMILES string of the molecule is CC(NC(=O)c1ccc(N)c(Cl)c1)c1nccs1. The quantitative estimate of drug-likeness (QED) is 0.850. The van der Waals surface area contributed by atoms with Crippen LogP contribution in [0.25, 0.3) is 0 Å². The second-order valence-electron chi connectivity index (χ2n) is 3.80. The van der Waals surface area contributed by atoms with Crippen LogP contribution in [0.5, 0.6) is 0 Å². The van der Waals surface area contributed by atoms with Gasteiger partial charge in [0.05, 0.1) is 16.8 Å². The Kier molecular flexibility index (Phi) is 3.84. The molecule has 6 heteroatoms. The lowest BCUT2D eigenvalue weighted by Gasteiger charge is -2.11. The Morgan fingerprint density at radius 2 is 2.33 bits per heavy atom. The maximum Gasteiger partial charge on any atom is 0.251 e. The number of nitrogens with zero attached hydrogens (tertiary/aromatic N) is 1. The number of rotatable bonds is 3. The van der Waals surface area contributed by atoms with E-state index < -0.39 is 0 Å². The number of amides is 1. The van der Waals surface area contributed by atoms with Crippen molar-refractivity contribution in [1.29, 1.82) is 0 Å². The summed E-state index contributed by atoms with van der Waals surface area (Å²) in [5.41, 5.74) is 6.54. The Hall–Kier alpha value is -1.59. The summed E-state index contributed by atoms with van der Waals surface area (Å²) in [7, 11) is 0. The standard InChI is InChI=1S/C12H12ClN3OS/c1-7(12-15-4-5-18-12)16-11(17)8-2-3-10(14)9(13)6-8/h2-7H,14H2,1H3,(H,16,17). The van der Waals surface area contributed by atoms with Gasteiger partial charge in [-0.3, -0.25) is 4.79 Å². The molecule has 2 aromatic rings. The molecule has 1 unspecified atom stereocenters. The molecule has 2 rings (SSSR count). The molecule has 0 radical (unpaired) electrons. The van der Waals surface area contributed by atoms with E-state index >= 15 is 0 Å². The Morgan fingerprint density at radius 3 is 2.94 bits per heavy atom. The van der Waals surface area contributed by atoms with Crippen LogP contribution in [0.3, 0.4) is 0 Å². The number of carbonyl (C=O) groups excluding carboxylic acids is 1. The Morgan fingerprint density at radius 1 is 1.56 bits per heavy atom. The molecule has 3 N–H and O–H groups in total. The van der Waals surface area contributed by atoms with Crippen molar-refractivity contribution in [1.82, 2.24) is 10.3 Å². The van der Waals surface area contributed by atoms with Crippen molar-refractivity contribution in [2.24, 2.45) is 0 Å². The van der Waals surface area contributed by atoms with E-state index in [9.17, 15) is 4.79 Å². The summed E-state index contributed by atoms with van der Waals surface area (Å²) in [5.74, 6) is -0.195. The Balaban J connectivity index is 2.10. The van der Waals surface area contributed by atoms with Crippen LogP contribution in [0, 0.1) is 0 Å². The van der Waals surface area contributed by atoms with E-state index in [0.717, 1.165) is 5.01 Å². The molecule has 1 atom stereocenters. The van der Waals surface area contributed by atoms with E-state index in [2.05, 4.69) is 10.3 Å². The van der Waals surface area contributed by atoms with Crippen molar-refractivity contribution in [2.45, 2.75) is 13.0 Å². The summed E-state index contributed by atoms with van der Waals surface area (Å²) >= 11 is 7.38. The third-order valence-electron chi connectivity index (χ3n) is 2.43. The lowest BCUT2D eigenvalue weighted by Crippen LogP contribution is -2.26. The monoisotopic (exact) mass is 281 g/mol. The lowest BCUT2D eigenvalue weighted by atomic mass is 10.2. The molecule has 1 aromatic heterocycles. The second kappa shape index (κ2) is 5.37. The second-order valence-corrected chi connectivity index (χ2v) is 5.14. The van der Waals surface area contributed by atoms with Gasteiger partial charge in [0.1, 0.15) is 5.01 Å². The minimum atomic E-state index is -0.195. The Bertz CT molecular complexity index is 556. The number of benzene rings is 1. The minimum Gasteiger partial charge on any atom is -0.398 e. The van der Waals surface area contributed by atoms with Crippen LogP contribution >= 0.6 is 22.9 Å². The zero-order chi connectivity index (χ0) is 13.1. The van der Waals surface area contributed by atoms with Gasteiger partial charge in [-0.15, -0.1) is 11.3 Å². The number of thiazole rings is 1. The van der Waals surface area contributed by atoms with Gasteiger partial charge in [-0.1, -0.05) is 11.6 Å². The number of nitrogens with one attached hydrogen (secondary N) is 1. The summed E-state index contributed by atoms with van der Waals surface area (Å²) in [5, 5.41) is 5.97. The molecule has 0 saturated carbocycles. The third kappa shape index (κ3) is 2.80. The molecule has 0 bridgehead atoms. The molecule has 0 spiro atoms. The molecule has 94 valence electrons. The minimum absolute atomic E-state index is 0.131. The van der Waals surface area contributed by atoms with Gasteiger partial charge in [0.25, 0.3) is 5.91 Å². The number of aromatic nitrogens is 1. The summed E-state index contributed by atoms with van der Waals surface area (Å²) < 4.78 is 0. The van der Waals surface area contributed by atoms with Gasteiger partial charge in [0.15, 0.2) is 0 Å². The summed E-state index contributed by atoms with van der Waals surface area (Å²) in [6.45, 7) is 1.88. The number of nitrogens with two attached hydrogens (primary N) is 1. The van der Waals surface area contributed by atoms with E-state index in [1.54, 1.807) is 24.4 Å². The number of carbonyl (C=O) groups is 1. The van der Waals surface area contributed by atoms with Crippen LogP contribution in [0.15, 0.2) is 29.8 Å². The van der Waals surface area contributed by atoms with E-state index in [4.69, 9.17) is 17.3 Å². The molecule has 0 aliphatic heterocycles. The van der Waals surface area contributed by atoms with Gasteiger partial charge in [-0.2, -0.15) is 0 Å². The average molecular weight is 282 g/mol. The normalized spacial score (nSPS) is 12.1. The topological polar surface area (TPSA) is 68.0 Å². The van der Waals surface area contributed by atoms with Crippen LogP contribution in [-0.4, -0.2) is 10.9 Å². The van der Waals surface area contributed by atoms with E-state index in [0.29, 0.717) is 16.3 Å². The van der Waals surface area contributed by atoms with Gasteiger partial charge >= 0.3 is 0 Å². The average Bonchev–Trinajstić information content (AvgIpc) is 2.86. The number of anilines is 1. The van der Waals surface area contributed by atoms with Crippen molar-refractivity contribution in [2.75, 3.05) is 5.73 Å². The first kappa shape index (κ1) is 12.9. The first-order valence-electron chi connectivity index (χ1n) is 5.33. The van der Waals surface area contributed by atoms with Gasteiger partial charge in [-0.05, 0) is 25.1 Å². The molecular formula is C12H12ClN3OS. The summed E-state index contributed by atoms with van der Waals surface area (Å²) in [6.07, 6.45) is 1.71. The first-order valence-corrected chi connectivity index (χ1v) is 6.59. The number of hydrogen-bond donors (Lipinski definition) is 2. The predicted octanol–water partition coefficient (Wildman–Crippen LogP) is 2.87. The highest BCUT2D eigenvalue weighted by molar-refractivity contribution is 7.09. The van der Waals surface area contributed by atoms with Crippen LogP contribution in [0.4, 0.5) is 5.69 Å². The molecular weight excluding hydrogens is 270 g/mol. The summed E-state index contributed by atoms with van der Waals surface area (Å²) in [4.78, 5) is 16.1. The molecule has 4 nitrogen and oxygen atoms in total. The molecule has 0 fully saturated rings. The molecule has 1 heterocycles. The smallest absolute Gasteiger partial charge is 0.251 e. The Labute approximate surface area is 114 Å². The van der Waals surface area contributed by atoms with Crippen LogP contribution in [-0.2, 0) is 0 Å². The van der Waals surface area contributed by atoms with Crippen molar-refractivity contribution >= 4 is 34.5 Å².